The van der Waals surface area contributed by atoms with Crippen molar-refractivity contribution < 1.29 is 24.6 Å². The van der Waals surface area contributed by atoms with Gasteiger partial charge in [-0.3, -0.25) is 14.4 Å². The summed E-state index contributed by atoms with van der Waals surface area (Å²) in [6, 6.07) is 13.1. The molecule has 2 rings (SSSR count). The van der Waals surface area contributed by atoms with Crippen molar-refractivity contribution >= 4 is 29.9 Å². The number of rotatable bonds is 13. The molecule has 2 aromatic rings. The number of carbonyl (C=O) groups excluding carboxylic acids is 3. The van der Waals surface area contributed by atoms with E-state index >= 15 is 0 Å². The van der Waals surface area contributed by atoms with E-state index in [1.54, 1.807) is 65.6 Å². The summed E-state index contributed by atoms with van der Waals surface area (Å²) in [5.41, 5.74) is 1.61. The van der Waals surface area contributed by atoms with E-state index in [1.807, 2.05) is 0 Å². The largest absolute Gasteiger partial charge is 0.508 e. The molecule has 0 spiro atoms. The number of amides is 3. The number of phenols is 2. The van der Waals surface area contributed by atoms with Crippen LogP contribution in [0.4, 0.5) is 0 Å². The van der Waals surface area contributed by atoms with E-state index in [-0.39, 0.29) is 29.2 Å². The van der Waals surface area contributed by atoms with Crippen molar-refractivity contribution in [3.8, 4) is 11.5 Å². The highest BCUT2D eigenvalue weighted by Gasteiger charge is 2.10. The molecule has 0 radical (unpaired) electrons. The molecule has 0 aliphatic heterocycles. The summed E-state index contributed by atoms with van der Waals surface area (Å²) in [7, 11) is 0. The Labute approximate surface area is 206 Å². The molecule has 0 unspecified atom stereocenters. The van der Waals surface area contributed by atoms with Crippen LogP contribution in [0.3, 0.4) is 0 Å². The van der Waals surface area contributed by atoms with Crippen LogP contribution in [0.15, 0.2) is 60.7 Å². The predicted molar refractivity (Wildman–Crippen MR) is 136 cm³/mol. The van der Waals surface area contributed by atoms with Crippen molar-refractivity contribution in [3.63, 3.8) is 0 Å². The van der Waals surface area contributed by atoms with Gasteiger partial charge in [-0.1, -0.05) is 24.3 Å². The normalized spacial score (nSPS) is 11.0. The lowest BCUT2D eigenvalue weighted by atomic mass is 10.2. The van der Waals surface area contributed by atoms with Crippen molar-refractivity contribution in [1.29, 1.82) is 0 Å². The Morgan fingerprint density at radius 2 is 1.26 bits per heavy atom. The van der Waals surface area contributed by atoms with Crippen LogP contribution in [0.1, 0.15) is 37.3 Å². The SMILES string of the molecule is CC(=O)NCCCN(CCCCNC(=O)C=Cc1ccc(O)cc1)C(=O)C=Cc1ccc(O)cc1. The van der Waals surface area contributed by atoms with E-state index in [9.17, 15) is 24.6 Å². The first kappa shape index (κ1) is 27.2. The van der Waals surface area contributed by atoms with E-state index in [1.165, 1.54) is 19.1 Å². The zero-order valence-corrected chi connectivity index (χ0v) is 19.9. The average molecular weight is 480 g/mol. The van der Waals surface area contributed by atoms with E-state index in [4.69, 9.17) is 0 Å². The van der Waals surface area contributed by atoms with Crippen LogP contribution in [0.2, 0.25) is 0 Å². The van der Waals surface area contributed by atoms with Gasteiger partial charge in [0.05, 0.1) is 0 Å². The molecule has 0 aliphatic carbocycles. The lowest BCUT2D eigenvalue weighted by molar-refractivity contribution is -0.126. The fourth-order valence-corrected chi connectivity index (χ4v) is 3.18. The summed E-state index contributed by atoms with van der Waals surface area (Å²) in [5, 5.41) is 24.2. The molecule has 8 nitrogen and oxygen atoms in total. The Balaban J connectivity index is 1.79. The summed E-state index contributed by atoms with van der Waals surface area (Å²) >= 11 is 0. The summed E-state index contributed by atoms with van der Waals surface area (Å²) in [6.07, 6.45) is 8.36. The van der Waals surface area contributed by atoms with Crippen LogP contribution >= 0.6 is 0 Å². The molecule has 0 fully saturated rings. The number of unbranched alkanes of at least 4 members (excludes halogenated alkanes) is 1. The predicted octanol–water partition coefficient (Wildman–Crippen LogP) is 3.08. The summed E-state index contributed by atoms with van der Waals surface area (Å²) in [4.78, 5) is 37.5. The third kappa shape index (κ3) is 11.6. The third-order valence-corrected chi connectivity index (χ3v) is 5.08. The maximum absolute atomic E-state index is 12.7. The van der Waals surface area contributed by atoms with Gasteiger partial charge in [-0.2, -0.15) is 0 Å². The summed E-state index contributed by atoms with van der Waals surface area (Å²) in [6.45, 7) is 3.45. The Morgan fingerprint density at radius 3 is 1.83 bits per heavy atom. The molecular formula is C27H33N3O5. The molecule has 0 aliphatic rings. The first-order valence-electron chi connectivity index (χ1n) is 11.6. The first-order chi connectivity index (χ1) is 16.8. The number of carbonyl (C=O) groups is 3. The zero-order chi connectivity index (χ0) is 25.5. The molecule has 186 valence electrons. The molecule has 3 amide bonds. The van der Waals surface area contributed by atoms with Crippen molar-refractivity contribution in [3.05, 3.63) is 71.8 Å². The molecule has 0 saturated carbocycles. The number of benzene rings is 2. The van der Waals surface area contributed by atoms with Gasteiger partial charge < -0.3 is 25.7 Å². The first-order valence-corrected chi connectivity index (χ1v) is 11.6. The van der Waals surface area contributed by atoms with Crippen LogP contribution in [-0.2, 0) is 14.4 Å². The van der Waals surface area contributed by atoms with Gasteiger partial charge in [0.2, 0.25) is 17.7 Å². The van der Waals surface area contributed by atoms with Crippen LogP contribution in [0, 0.1) is 0 Å². The molecule has 0 atom stereocenters. The number of nitrogens with zero attached hydrogens (tertiary/aromatic N) is 1. The second kappa shape index (κ2) is 15.0. The molecule has 8 heteroatoms. The molecule has 0 aromatic heterocycles. The number of aromatic hydroxyl groups is 2. The number of hydrogen-bond donors (Lipinski definition) is 4. The minimum absolute atomic E-state index is 0.106. The van der Waals surface area contributed by atoms with Gasteiger partial charge in [-0.15, -0.1) is 0 Å². The molecule has 2 aromatic carbocycles. The lowest BCUT2D eigenvalue weighted by Crippen LogP contribution is -2.34. The van der Waals surface area contributed by atoms with E-state index < -0.39 is 0 Å². The molecule has 0 bridgehead atoms. The Kier molecular flexibility index (Phi) is 11.6. The van der Waals surface area contributed by atoms with Crippen LogP contribution in [0.25, 0.3) is 12.2 Å². The van der Waals surface area contributed by atoms with Gasteiger partial charge >= 0.3 is 0 Å². The summed E-state index contributed by atoms with van der Waals surface area (Å²) < 4.78 is 0. The smallest absolute Gasteiger partial charge is 0.246 e. The fourth-order valence-electron chi connectivity index (χ4n) is 3.18. The average Bonchev–Trinajstić information content (AvgIpc) is 2.84. The van der Waals surface area contributed by atoms with Crippen molar-refractivity contribution in [1.82, 2.24) is 15.5 Å². The van der Waals surface area contributed by atoms with Crippen LogP contribution in [0.5, 0.6) is 11.5 Å². The van der Waals surface area contributed by atoms with Gasteiger partial charge in [-0.25, -0.2) is 0 Å². The number of nitrogens with one attached hydrogen (secondary N) is 2. The molecule has 0 saturated heterocycles. The van der Waals surface area contributed by atoms with E-state index in [2.05, 4.69) is 10.6 Å². The molecule has 4 N–H and O–H groups in total. The van der Waals surface area contributed by atoms with Gasteiger partial charge in [-0.05, 0) is 66.8 Å². The van der Waals surface area contributed by atoms with E-state index in [0.29, 0.717) is 45.4 Å². The Morgan fingerprint density at radius 1 is 0.743 bits per heavy atom. The van der Waals surface area contributed by atoms with E-state index in [0.717, 1.165) is 11.1 Å². The molecular weight excluding hydrogens is 446 g/mol. The Bertz CT molecular complexity index is 1010. The lowest BCUT2D eigenvalue weighted by Gasteiger charge is -2.21. The van der Waals surface area contributed by atoms with Crippen molar-refractivity contribution in [2.24, 2.45) is 0 Å². The van der Waals surface area contributed by atoms with Gasteiger partial charge in [0.1, 0.15) is 11.5 Å². The van der Waals surface area contributed by atoms with Crippen LogP contribution < -0.4 is 10.6 Å². The topological polar surface area (TPSA) is 119 Å². The molecule has 35 heavy (non-hydrogen) atoms. The highest BCUT2D eigenvalue weighted by atomic mass is 16.3. The Hall–Kier alpha value is -4.07. The fraction of sp³-hybridized carbons (Fsp3) is 0.296. The zero-order valence-electron chi connectivity index (χ0n) is 19.9. The summed E-state index contributed by atoms with van der Waals surface area (Å²) in [5.74, 6) is -0.119. The standard InChI is InChI=1S/C27H33N3O5/c1-21(31)28-18-4-20-30(27(35)16-10-23-7-13-25(33)14-8-23)19-3-2-17-29-26(34)15-9-22-5-11-24(32)12-6-22/h5-16,32-33H,2-4,17-20H2,1H3,(H,28,31)(H,29,34). The van der Waals surface area contributed by atoms with Crippen molar-refractivity contribution in [2.45, 2.75) is 26.2 Å². The quantitative estimate of drug-likeness (QED) is 0.260. The second-order valence-corrected chi connectivity index (χ2v) is 8.01. The minimum Gasteiger partial charge on any atom is -0.508 e. The van der Waals surface area contributed by atoms with Crippen LogP contribution in [-0.4, -0.2) is 59.0 Å². The minimum atomic E-state index is -0.210. The monoisotopic (exact) mass is 479 g/mol. The second-order valence-electron chi connectivity index (χ2n) is 8.01. The van der Waals surface area contributed by atoms with Gasteiger partial charge in [0.25, 0.3) is 0 Å². The number of phenolic OH excluding ortho intramolecular Hbond substituents is 2. The number of hydrogen-bond acceptors (Lipinski definition) is 5. The highest BCUT2D eigenvalue weighted by molar-refractivity contribution is 5.92. The van der Waals surface area contributed by atoms with Gasteiger partial charge in [0, 0.05) is 45.3 Å². The highest BCUT2D eigenvalue weighted by Crippen LogP contribution is 2.12. The molecule has 0 heterocycles. The van der Waals surface area contributed by atoms with Crippen molar-refractivity contribution in [2.75, 3.05) is 26.2 Å². The maximum atomic E-state index is 12.7. The third-order valence-electron chi connectivity index (χ3n) is 5.08. The van der Waals surface area contributed by atoms with Gasteiger partial charge in [0.15, 0.2) is 0 Å². The maximum Gasteiger partial charge on any atom is 0.246 e.